The Morgan fingerprint density at radius 3 is 2.76 bits per heavy atom. The van der Waals surface area contributed by atoms with Crippen LogP contribution in [-0.4, -0.2) is 27.5 Å². The van der Waals surface area contributed by atoms with Gasteiger partial charge in [-0.05, 0) is 25.0 Å². The Balaban J connectivity index is 1.65. The minimum atomic E-state index is -0.695. The standard InChI is InChI=1S/C17H19FN4O3/c18-12-7-4-8-13-15(12)16(24)22(10-19-13)9-14(23)21-17(25)20-11-5-2-1-3-6-11/h4,7-8,10-11H,1-3,5-6,9H2,(H2,20,21,23,25). The van der Waals surface area contributed by atoms with E-state index in [0.717, 1.165) is 42.7 Å². The zero-order valence-electron chi connectivity index (χ0n) is 13.6. The average Bonchev–Trinajstić information content (AvgIpc) is 2.58. The molecule has 0 spiro atoms. The second-order valence-corrected chi connectivity index (χ2v) is 6.17. The number of halogens is 1. The number of urea groups is 1. The van der Waals surface area contributed by atoms with Crippen LogP contribution in [0.5, 0.6) is 0 Å². The molecular weight excluding hydrogens is 327 g/mol. The van der Waals surface area contributed by atoms with Gasteiger partial charge in [-0.25, -0.2) is 14.2 Å². The molecule has 1 saturated carbocycles. The molecule has 0 bridgehead atoms. The van der Waals surface area contributed by atoms with Crippen molar-refractivity contribution in [2.24, 2.45) is 0 Å². The number of rotatable bonds is 3. The van der Waals surface area contributed by atoms with Gasteiger partial charge in [-0.15, -0.1) is 0 Å². The SMILES string of the molecule is O=C(Cn1cnc2cccc(F)c2c1=O)NC(=O)NC1CCCCC1. The molecule has 25 heavy (non-hydrogen) atoms. The van der Waals surface area contributed by atoms with Crippen molar-refractivity contribution in [1.29, 1.82) is 0 Å². The summed E-state index contributed by atoms with van der Waals surface area (Å²) in [4.78, 5) is 40.1. The molecule has 0 radical (unpaired) electrons. The molecule has 0 saturated heterocycles. The van der Waals surface area contributed by atoms with Crippen LogP contribution in [0.4, 0.5) is 9.18 Å². The highest BCUT2D eigenvalue weighted by Gasteiger charge is 2.17. The minimum Gasteiger partial charge on any atom is -0.335 e. The largest absolute Gasteiger partial charge is 0.335 e. The van der Waals surface area contributed by atoms with Crippen LogP contribution < -0.4 is 16.2 Å². The number of hydrogen-bond donors (Lipinski definition) is 2. The van der Waals surface area contributed by atoms with Crippen molar-refractivity contribution in [3.63, 3.8) is 0 Å². The van der Waals surface area contributed by atoms with Gasteiger partial charge in [0.2, 0.25) is 5.91 Å². The summed E-state index contributed by atoms with van der Waals surface area (Å²) in [6.07, 6.45) is 6.24. The first-order chi connectivity index (χ1) is 12.0. The molecule has 8 heteroatoms. The molecule has 3 rings (SSSR count). The maximum Gasteiger partial charge on any atom is 0.321 e. The third-order valence-corrected chi connectivity index (χ3v) is 4.31. The fourth-order valence-corrected chi connectivity index (χ4v) is 3.06. The molecule has 2 aromatic rings. The summed E-state index contributed by atoms with van der Waals surface area (Å²) < 4.78 is 14.8. The van der Waals surface area contributed by atoms with E-state index < -0.39 is 29.9 Å². The van der Waals surface area contributed by atoms with E-state index in [0.29, 0.717) is 0 Å². The van der Waals surface area contributed by atoms with E-state index in [1.807, 2.05) is 0 Å². The van der Waals surface area contributed by atoms with Gasteiger partial charge < -0.3 is 5.32 Å². The molecule has 132 valence electrons. The number of amides is 3. The van der Waals surface area contributed by atoms with Crippen molar-refractivity contribution < 1.29 is 14.0 Å². The van der Waals surface area contributed by atoms with Crippen LogP contribution in [-0.2, 0) is 11.3 Å². The molecule has 1 heterocycles. The normalized spacial score (nSPS) is 15.1. The van der Waals surface area contributed by atoms with Crippen molar-refractivity contribution >= 4 is 22.8 Å². The van der Waals surface area contributed by atoms with Crippen LogP contribution in [0.2, 0.25) is 0 Å². The molecule has 0 unspecified atom stereocenters. The first-order valence-corrected chi connectivity index (χ1v) is 8.28. The van der Waals surface area contributed by atoms with E-state index in [4.69, 9.17) is 0 Å². The number of benzene rings is 1. The Labute approximate surface area is 143 Å². The quantitative estimate of drug-likeness (QED) is 0.884. The lowest BCUT2D eigenvalue weighted by Gasteiger charge is -2.22. The lowest BCUT2D eigenvalue weighted by atomic mass is 9.96. The van der Waals surface area contributed by atoms with Gasteiger partial charge in [0.1, 0.15) is 17.7 Å². The highest BCUT2D eigenvalue weighted by Crippen LogP contribution is 2.17. The predicted molar refractivity (Wildman–Crippen MR) is 89.5 cm³/mol. The van der Waals surface area contributed by atoms with Gasteiger partial charge in [-0.1, -0.05) is 25.3 Å². The van der Waals surface area contributed by atoms with Crippen molar-refractivity contribution in [3.8, 4) is 0 Å². The molecular formula is C17H19FN4O3. The van der Waals surface area contributed by atoms with Crippen LogP contribution in [0.1, 0.15) is 32.1 Å². The molecule has 1 aliphatic carbocycles. The third kappa shape index (κ3) is 4.01. The van der Waals surface area contributed by atoms with Crippen LogP contribution in [0.15, 0.2) is 29.3 Å². The number of hydrogen-bond acceptors (Lipinski definition) is 4. The first kappa shape index (κ1) is 17.1. The molecule has 1 aromatic heterocycles. The van der Waals surface area contributed by atoms with Crippen LogP contribution in [0.3, 0.4) is 0 Å². The lowest BCUT2D eigenvalue weighted by Crippen LogP contribution is -2.46. The van der Waals surface area contributed by atoms with Crippen molar-refractivity contribution in [1.82, 2.24) is 20.2 Å². The number of carbonyl (C=O) groups excluding carboxylic acids is 2. The minimum absolute atomic E-state index is 0.0701. The van der Waals surface area contributed by atoms with E-state index in [9.17, 15) is 18.8 Å². The fraction of sp³-hybridized carbons (Fsp3) is 0.412. The van der Waals surface area contributed by atoms with Gasteiger partial charge in [0.15, 0.2) is 0 Å². The number of aromatic nitrogens is 2. The van der Waals surface area contributed by atoms with Crippen LogP contribution in [0.25, 0.3) is 10.9 Å². The Morgan fingerprint density at radius 1 is 1.24 bits per heavy atom. The van der Waals surface area contributed by atoms with Crippen molar-refractivity contribution in [2.75, 3.05) is 0 Å². The Hall–Kier alpha value is -2.77. The zero-order valence-corrected chi connectivity index (χ0v) is 13.6. The number of fused-ring (bicyclic) bond motifs is 1. The van der Waals surface area contributed by atoms with Crippen molar-refractivity contribution in [2.45, 2.75) is 44.7 Å². The molecule has 3 amide bonds. The highest BCUT2D eigenvalue weighted by molar-refractivity contribution is 5.94. The van der Waals surface area contributed by atoms with E-state index in [-0.39, 0.29) is 16.9 Å². The maximum absolute atomic E-state index is 13.8. The second-order valence-electron chi connectivity index (χ2n) is 6.17. The summed E-state index contributed by atoms with van der Waals surface area (Å²) >= 11 is 0. The third-order valence-electron chi connectivity index (χ3n) is 4.31. The van der Waals surface area contributed by atoms with Gasteiger partial charge in [0.25, 0.3) is 5.56 Å². The van der Waals surface area contributed by atoms with Crippen LogP contribution in [0, 0.1) is 5.82 Å². The Kier molecular flexibility index (Phi) is 5.06. The zero-order chi connectivity index (χ0) is 17.8. The van der Waals surface area contributed by atoms with E-state index in [1.165, 1.54) is 18.5 Å². The maximum atomic E-state index is 13.8. The van der Waals surface area contributed by atoms with Gasteiger partial charge in [0.05, 0.1) is 11.8 Å². The van der Waals surface area contributed by atoms with Crippen LogP contribution >= 0.6 is 0 Å². The smallest absolute Gasteiger partial charge is 0.321 e. The number of carbonyl (C=O) groups is 2. The average molecular weight is 346 g/mol. The van der Waals surface area contributed by atoms with Gasteiger partial charge in [0, 0.05) is 6.04 Å². The molecule has 2 N–H and O–H groups in total. The van der Waals surface area contributed by atoms with E-state index >= 15 is 0 Å². The molecule has 1 aliphatic rings. The molecule has 0 atom stereocenters. The molecule has 7 nitrogen and oxygen atoms in total. The monoisotopic (exact) mass is 346 g/mol. The highest BCUT2D eigenvalue weighted by atomic mass is 19.1. The first-order valence-electron chi connectivity index (χ1n) is 8.28. The predicted octanol–water partition coefficient (Wildman–Crippen LogP) is 1.69. The second kappa shape index (κ2) is 7.42. The summed E-state index contributed by atoms with van der Waals surface area (Å²) in [6, 6.07) is 3.62. The number of imide groups is 1. The van der Waals surface area contributed by atoms with Gasteiger partial charge in [-0.3, -0.25) is 19.5 Å². The van der Waals surface area contributed by atoms with Crippen molar-refractivity contribution in [3.05, 3.63) is 40.7 Å². The topological polar surface area (TPSA) is 93.1 Å². The summed E-state index contributed by atoms with van der Waals surface area (Å²) in [7, 11) is 0. The lowest BCUT2D eigenvalue weighted by molar-refractivity contribution is -0.120. The summed E-state index contributed by atoms with van der Waals surface area (Å²) in [5.41, 5.74) is -0.442. The van der Waals surface area contributed by atoms with Gasteiger partial charge in [-0.2, -0.15) is 0 Å². The number of nitrogens with zero attached hydrogens (tertiary/aromatic N) is 2. The van der Waals surface area contributed by atoms with E-state index in [1.54, 1.807) is 0 Å². The Bertz CT molecular complexity index is 859. The fourth-order valence-electron chi connectivity index (χ4n) is 3.06. The summed E-state index contributed by atoms with van der Waals surface area (Å²) in [5, 5.41) is 4.77. The molecule has 1 fully saturated rings. The van der Waals surface area contributed by atoms with E-state index in [2.05, 4.69) is 15.6 Å². The molecule has 0 aliphatic heterocycles. The number of nitrogens with one attached hydrogen (secondary N) is 2. The Morgan fingerprint density at radius 2 is 2.00 bits per heavy atom. The summed E-state index contributed by atoms with van der Waals surface area (Å²) in [5.74, 6) is -1.35. The molecule has 1 aromatic carbocycles. The van der Waals surface area contributed by atoms with Gasteiger partial charge >= 0.3 is 6.03 Å². The summed E-state index contributed by atoms with van der Waals surface area (Å²) in [6.45, 7) is -0.409.